The molecule has 126 valence electrons. The molecule has 2 saturated heterocycles. The van der Waals surface area contributed by atoms with Crippen LogP contribution in [-0.4, -0.2) is 41.9 Å². The Kier molecular flexibility index (Phi) is 4.19. The van der Waals surface area contributed by atoms with Gasteiger partial charge in [0, 0.05) is 38.0 Å². The van der Waals surface area contributed by atoms with Gasteiger partial charge in [-0.1, -0.05) is 30.3 Å². The summed E-state index contributed by atoms with van der Waals surface area (Å²) in [4.78, 5) is 16.9. The van der Waals surface area contributed by atoms with E-state index in [0.29, 0.717) is 12.5 Å². The zero-order valence-electron chi connectivity index (χ0n) is 14.1. The summed E-state index contributed by atoms with van der Waals surface area (Å²) in [6.07, 6.45) is 2.77. The lowest BCUT2D eigenvalue weighted by molar-refractivity contribution is -0.129. The van der Waals surface area contributed by atoms with Gasteiger partial charge in [0.15, 0.2) is 0 Å². The van der Waals surface area contributed by atoms with Gasteiger partial charge in [0.2, 0.25) is 5.91 Å². The van der Waals surface area contributed by atoms with E-state index in [9.17, 15) is 4.79 Å². The third-order valence-corrected chi connectivity index (χ3v) is 6.63. The van der Waals surface area contributed by atoms with Crippen LogP contribution < -0.4 is 0 Å². The minimum Gasteiger partial charge on any atom is -0.344 e. The zero-order valence-corrected chi connectivity index (χ0v) is 15.0. The van der Waals surface area contributed by atoms with Crippen LogP contribution in [-0.2, 0) is 16.8 Å². The van der Waals surface area contributed by atoms with Crippen LogP contribution in [0.15, 0.2) is 47.2 Å². The average molecular weight is 340 g/mol. The monoisotopic (exact) mass is 340 g/mol. The molecule has 0 N–H and O–H groups in total. The summed E-state index contributed by atoms with van der Waals surface area (Å²) in [5, 5.41) is 4.40. The van der Waals surface area contributed by atoms with E-state index in [1.807, 2.05) is 11.9 Å². The third-order valence-electron chi connectivity index (χ3n) is 5.90. The second kappa shape index (κ2) is 6.34. The number of rotatable bonds is 3. The number of hydrogen-bond donors (Lipinski definition) is 0. The number of hydrogen-bond acceptors (Lipinski definition) is 3. The van der Waals surface area contributed by atoms with Crippen molar-refractivity contribution in [3.63, 3.8) is 0 Å². The fourth-order valence-electron chi connectivity index (χ4n) is 4.54. The number of thiophene rings is 1. The number of carbonyl (C=O) groups is 1. The second-order valence-electron chi connectivity index (χ2n) is 7.16. The van der Waals surface area contributed by atoms with Crippen molar-refractivity contribution in [3.8, 4) is 0 Å². The summed E-state index contributed by atoms with van der Waals surface area (Å²) in [7, 11) is 1.96. The van der Waals surface area contributed by atoms with E-state index in [4.69, 9.17) is 0 Å². The number of fused-ring (bicyclic) bond motifs is 1. The summed E-state index contributed by atoms with van der Waals surface area (Å²) in [6, 6.07) is 13.5. The average Bonchev–Trinajstić information content (AvgIpc) is 3.21. The normalized spacial score (nSPS) is 28.0. The second-order valence-corrected chi connectivity index (χ2v) is 7.94. The first-order chi connectivity index (χ1) is 11.7. The van der Waals surface area contributed by atoms with Gasteiger partial charge in [0.25, 0.3) is 0 Å². The fourth-order valence-corrected chi connectivity index (χ4v) is 5.20. The maximum absolute atomic E-state index is 12.4. The molecule has 0 spiro atoms. The van der Waals surface area contributed by atoms with Gasteiger partial charge in [-0.05, 0) is 47.3 Å². The van der Waals surface area contributed by atoms with Crippen LogP contribution in [0.1, 0.15) is 30.4 Å². The SMILES string of the molecule is CN1CC2N(Cc3ccsc3)CCC2(c2ccccc2)CCC1=O. The van der Waals surface area contributed by atoms with Crippen molar-refractivity contribution < 1.29 is 4.79 Å². The van der Waals surface area contributed by atoms with Crippen LogP contribution in [0.3, 0.4) is 0 Å². The van der Waals surface area contributed by atoms with E-state index in [-0.39, 0.29) is 11.3 Å². The highest BCUT2D eigenvalue weighted by molar-refractivity contribution is 7.07. The highest BCUT2D eigenvalue weighted by Crippen LogP contribution is 2.46. The Hall–Kier alpha value is -1.65. The Morgan fingerprint density at radius 1 is 1.21 bits per heavy atom. The van der Waals surface area contributed by atoms with Gasteiger partial charge in [-0.25, -0.2) is 0 Å². The number of nitrogens with zero attached hydrogens (tertiary/aromatic N) is 2. The lowest BCUT2D eigenvalue weighted by Gasteiger charge is -2.38. The molecule has 2 aromatic rings. The number of likely N-dealkylation sites (N-methyl/N-ethyl adjacent to an activating group) is 1. The van der Waals surface area contributed by atoms with Crippen LogP contribution in [0.25, 0.3) is 0 Å². The van der Waals surface area contributed by atoms with Crippen LogP contribution in [0.2, 0.25) is 0 Å². The van der Waals surface area contributed by atoms with E-state index < -0.39 is 0 Å². The summed E-state index contributed by atoms with van der Waals surface area (Å²) >= 11 is 1.76. The fraction of sp³-hybridized carbons (Fsp3) is 0.450. The molecule has 0 aliphatic carbocycles. The number of benzene rings is 1. The number of likely N-dealkylation sites (tertiary alicyclic amines) is 2. The smallest absolute Gasteiger partial charge is 0.222 e. The van der Waals surface area contributed by atoms with Crippen molar-refractivity contribution in [2.45, 2.75) is 37.3 Å². The van der Waals surface area contributed by atoms with Gasteiger partial charge in [-0.2, -0.15) is 11.3 Å². The first kappa shape index (κ1) is 15.9. The van der Waals surface area contributed by atoms with Crippen LogP contribution in [0, 0.1) is 0 Å². The van der Waals surface area contributed by atoms with E-state index >= 15 is 0 Å². The standard InChI is InChI=1S/C20H24N2OS/c1-21-14-18-20(9-7-19(21)23,17-5-3-2-4-6-17)10-11-22(18)13-16-8-12-24-15-16/h2-6,8,12,15,18H,7,9-11,13-14H2,1H3. The molecule has 3 nitrogen and oxygen atoms in total. The predicted molar refractivity (Wildman–Crippen MR) is 98.1 cm³/mol. The molecular formula is C20H24N2OS. The van der Waals surface area contributed by atoms with Crippen LogP contribution >= 0.6 is 11.3 Å². The minimum absolute atomic E-state index is 0.109. The van der Waals surface area contributed by atoms with Crippen LogP contribution in [0.5, 0.6) is 0 Å². The van der Waals surface area contributed by atoms with Crippen molar-refractivity contribution in [2.75, 3.05) is 20.1 Å². The summed E-state index contributed by atoms with van der Waals surface area (Å²) in [5.41, 5.74) is 2.91. The van der Waals surface area contributed by atoms with E-state index in [1.54, 1.807) is 11.3 Å². The van der Waals surface area contributed by atoms with Gasteiger partial charge >= 0.3 is 0 Å². The van der Waals surface area contributed by atoms with Gasteiger partial charge in [0.1, 0.15) is 0 Å². The molecule has 2 fully saturated rings. The van der Waals surface area contributed by atoms with E-state index in [2.05, 4.69) is 52.1 Å². The molecule has 0 radical (unpaired) electrons. The van der Waals surface area contributed by atoms with Gasteiger partial charge in [-0.15, -0.1) is 0 Å². The summed E-state index contributed by atoms with van der Waals surface area (Å²) < 4.78 is 0. The molecule has 1 aromatic heterocycles. The van der Waals surface area contributed by atoms with E-state index in [0.717, 1.165) is 32.5 Å². The molecule has 2 atom stereocenters. The molecule has 2 aliphatic rings. The summed E-state index contributed by atoms with van der Waals surface area (Å²) in [5.74, 6) is 0.287. The number of amides is 1. The van der Waals surface area contributed by atoms with Crippen molar-refractivity contribution in [1.29, 1.82) is 0 Å². The van der Waals surface area contributed by atoms with Gasteiger partial charge in [0.05, 0.1) is 0 Å². The Morgan fingerprint density at radius 3 is 2.79 bits per heavy atom. The third kappa shape index (κ3) is 2.68. The Bertz CT molecular complexity index is 700. The largest absolute Gasteiger partial charge is 0.344 e. The van der Waals surface area contributed by atoms with Crippen LogP contribution in [0.4, 0.5) is 0 Å². The minimum atomic E-state index is 0.109. The topological polar surface area (TPSA) is 23.6 Å². The lowest BCUT2D eigenvalue weighted by Crippen LogP contribution is -2.47. The predicted octanol–water partition coefficient (Wildman–Crippen LogP) is 3.51. The molecule has 1 amide bonds. The lowest BCUT2D eigenvalue weighted by atomic mass is 9.71. The maximum atomic E-state index is 12.4. The zero-order chi connectivity index (χ0) is 16.6. The molecule has 2 aliphatic heterocycles. The Morgan fingerprint density at radius 2 is 2.04 bits per heavy atom. The van der Waals surface area contributed by atoms with Gasteiger partial charge in [-0.3, -0.25) is 9.69 Å². The van der Waals surface area contributed by atoms with Crippen molar-refractivity contribution in [2.24, 2.45) is 0 Å². The quantitative estimate of drug-likeness (QED) is 0.854. The molecule has 4 heteroatoms. The molecule has 2 unspecified atom stereocenters. The van der Waals surface area contributed by atoms with Crippen molar-refractivity contribution in [3.05, 3.63) is 58.3 Å². The molecule has 24 heavy (non-hydrogen) atoms. The molecular weight excluding hydrogens is 316 g/mol. The molecule has 3 heterocycles. The Balaban J connectivity index is 1.70. The molecule has 0 bridgehead atoms. The highest BCUT2D eigenvalue weighted by atomic mass is 32.1. The van der Waals surface area contributed by atoms with Crippen molar-refractivity contribution >= 4 is 17.2 Å². The Labute approximate surface area is 147 Å². The molecule has 1 aromatic carbocycles. The first-order valence-electron chi connectivity index (χ1n) is 8.74. The number of carbonyl (C=O) groups excluding carboxylic acids is 1. The highest BCUT2D eigenvalue weighted by Gasteiger charge is 2.50. The maximum Gasteiger partial charge on any atom is 0.222 e. The molecule has 0 saturated carbocycles. The molecule has 4 rings (SSSR count). The van der Waals surface area contributed by atoms with E-state index in [1.165, 1.54) is 11.1 Å². The summed E-state index contributed by atoms with van der Waals surface area (Å²) in [6.45, 7) is 2.93. The first-order valence-corrected chi connectivity index (χ1v) is 9.68. The van der Waals surface area contributed by atoms with Gasteiger partial charge < -0.3 is 4.90 Å². The van der Waals surface area contributed by atoms with Crippen molar-refractivity contribution in [1.82, 2.24) is 9.80 Å².